The minimum Gasteiger partial charge on any atom is -0.490 e. The average Bonchev–Trinajstić information content (AvgIpc) is 3.47. The monoisotopic (exact) mass is 497 g/mol. The van der Waals surface area contributed by atoms with Crippen molar-refractivity contribution in [1.82, 2.24) is 15.5 Å². The first-order valence-corrected chi connectivity index (χ1v) is 13.7. The van der Waals surface area contributed by atoms with Gasteiger partial charge in [0.25, 0.3) is 5.91 Å². The highest BCUT2D eigenvalue weighted by Gasteiger charge is 2.39. The van der Waals surface area contributed by atoms with Crippen molar-refractivity contribution in [2.24, 2.45) is 11.8 Å². The van der Waals surface area contributed by atoms with Crippen LogP contribution in [0.3, 0.4) is 0 Å². The summed E-state index contributed by atoms with van der Waals surface area (Å²) >= 11 is 0. The number of piperidine rings is 1. The predicted molar refractivity (Wildman–Crippen MR) is 134 cm³/mol. The Morgan fingerprint density at radius 3 is 2.28 bits per heavy atom. The zero-order chi connectivity index (χ0) is 25.1. The summed E-state index contributed by atoms with van der Waals surface area (Å²) in [4.78, 5) is 37.5. The molecule has 3 amide bonds. The number of nitrogens with zero attached hydrogens (tertiary/aromatic N) is 1. The normalized spacial score (nSPS) is 28.8. The highest BCUT2D eigenvalue weighted by Crippen LogP contribution is 2.33. The van der Waals surface area contributed by atoms with Gasteiger partial charge in [-0.3, -0.25) is 19.7 Å². The van der Waals surface area contributed by atoms with Crippen LogP contribution in [0.5, 0.6) is 5.75 Å². The van der Waals surface area contributed by atoms with Gasteiger partial charge in [0, 0.05) is 25.6 Å². The predicted octanol–water partition coefficient (Wildman–Crippen LogP) is 3.18. The van der Waals surface area contributed by atoms with Crippen LogP contribution in [-0.2, 0) is 20.9 Å². The van der Waals surface area contributed by atoms with E-state index in [1.807, 2.05) is 19.2 Å². The van der Waals surface area contributed by atoms with E-state index in [-0.39, 0.29) is 30.2 Å². The van der Waals surface area contributed by atoms with Crippen LogP contribution >= 0.6 is 0 Å². The van der Waals surface area contributed by atoms with Crippen molar-refractivity contribution < 1.29 is 23.9 Å². The molecule has 3 aliphatic heterocycles. The third-order valence-electron chi connectivity index (χ3n) is 8.63. The van der Waals surface area contributed by atoms with E-state index in [0.717, 1.165) is 36.0 Å². The van der Waals surface area contributed by atoms with Gasteiger partial charge in [-0.15, -0.1) is 0 Å². The fourth-order valence-electron chi connectivity index (χ4n) is 6.26. The lowest BCUT2D eigenvalue weighted by molar-refractivity contribution is -0.136. The number of amides is 3. The minimum atomic E-state index is -0.568. The molecule has 1 unspecified atom stereocenters. The van der Waals surface area contributed by atoms with Gasteiger partial charge in [0.15, 0.2) is 0 Å². The van der Waals surface area contributed by atoms with E-state index in [2.05, 4.69) is 10.6 Å². The molecule has 2 saturated heterocycles. The maximum atomic E-state index is 12.6. The number of rotatable bonds is 5. The molecule has 5 aliphatic rings. The quantitative estimate of drug-likeness (QED) is 0.607. The van der Waals surface area contributed by atoms with E-state index in [1.165, 1.54) is 51.6 Å². The fourth-order valence-corrected chi connectivity index (χ4v) is 6.26. The Kier molecular flexibility index (Phi) is 7.91. The number of hydrogen-bond donors (Lipinski definition) is 2. The van der Waals surface area contributed by atoms with E-state index in [9.17, 15) is 14.4 Å². The van der Waals surface area contributed by atoms with Crippen molar-refractivity contribution in [3.8, 4) is 5.75 Å². The molecule has 1 atom stereocenters. The van der Waals surface area contributed by atoms with Gasteiger partial charge in [0.05, 0.1) is 12.2 Å². The summed E-state index contributed by atoms with van der Waals surface area (Å²) in [6.07, 6.45) is 11.4. The highest BCUT2D eigenvalue weighted by atomic mass is 16.5. The molecule has 0 spiro atoms. The van der Waals surface area contributed by atoms with Crippen LogP contribution in [0.2, 0.25) is 0 Å². The van der Waals surface area contributed by atoms with Gasteiger partial charge in [-0.2, -0.15) is 0 Å². The summed E-state index contributed by atoms with van der Waals surface area (Å²) < 4.78 is 11.4. The smallest absolute Gasteiger partial charge is 0.255 e. The first-order chi connectivity index (χ1) is 17.5. The van der Waals surface area contributed by atoms with Crippen LogP contribution in [0.4, 0.5) is 0 Å². The molecule has 6 rings (SSSR count). The SMILES string of the molecule is COC1CCC(C2CNC2)CC1.O=C1CCC(N2Cc3cc(OC4CCCC4)ccc3C2=O)C(=O)N1. The summed E-state index contributed by atoms with van der Waals surface area (Å²) in [7, 11) is 1.84. The van der Waals surface area contributed by atoms with Crippen LogP contribution < -0.4 is 15.4 Å². The van der Waals surface area contributed by atoms with Crippen LogP contribution in [0.15, 0.2) is 18.2 Å². The molecule has 0 radical (unpaired) electrons. The second-order valence-electron chi connectivity index (χ2n) is 10.9. The van der Waals surface area contributed by atoms with E-state index in [4.69, 9.17) is 9.47 Å². The number of carbonyl (C=O) groups is 3. The highest BCUT2D eigenvalue weighted by molar-refractivity contribution is 6.05. The Morgan fingerprint density at radius 1 is 0.889 bits per heavy atom. The molecule has 36 heavy (non-hydrogen) atoms. The number of imide groups is 1. The maximum Gasteiger partial charge on any atom is 0.255 e. The molecule has 4 fully saturated rings. The molecule has 2 aliphatic carbocycles. The number of nitrogens with one attached hydrogen (secondary N) is 2. The zero-order valence-corrected chi connectivity index (χ0v) is 21.3. The summed E-state index contributed by atoms with van der Waals surface area (Å²) in [6, 6.07) is 4.97. The lowest BCUT2D eigenvalue weighted by Gasteiger charge is -2.38. The van der Waals surface area contributed by atoms with Gasteiger partial charge in [0.1, 0.15) is 11.8 Å². The molecule has 3 heterocycles. The lowest BCUT2D eigenvalue weighted by Crippen LogP contribution is -2.52. The second kappa shape index (κ2) is 11.3. The van der Waals surface area contributed by atoms with Gasteiger partial charge in [-0.25, -0.2) is 0 Å². The van der Waals surface area contributed by atoms with Crippen LogP contribution in [-0.4, -0.2) is 61.1 Å². The Bertz CT molecular complexity index is 964. The van der Waals surface area contributed by atoms with Crippen molar-refractivity contribution in [3.05, 3.63) is 29.3 Å². The molecular formula is C28H39N3O5. The van der Waals surface area contributed by atoms with Gasteiger partial charge < -0.3 is 19.7 Å². The molecule has 2 N–H and O–H groups in total. The molecular weight excluding hydrogens is 458 g/mol. The topological polar surface area (TPSA) is 97.0 Å². The minimum absolute atomic E-state index is 0.146. The van der Waals surface area contributed by atoms with Gasteiger partial charge in [0.2, 0.25) is 11.8 Å². The van der Waals surface area contributed by atoms with E-state index in [1.54, 1.807) is 11.0 Å². The first-order valence-electron chi connectivity index (χ1n) is 13.7. The number of hydrogen-bond acceptors (Lipinski definition) is 6. The lowest BCUT2D eigenvalue weighted by atomic mass is 9.76. The molecule has 0 aromatic heterocycles. The molecule has 1 aromatic rings. The summed E-state index contributed by atoms with van der Waals surface area (Å²) in [5.74, 6) is 1.98. The van der Waals surface area contributed by atoms with Crippen LogP contribution in [0.25, 0.3) is 0 Å². The van der Waals surface area contributed by atoms with Crippen LogP contribution in [0, 0.1) is 11.8 Å². The largest absolute Gasteiger partial charge is 0.490 e. The van der Waals surface area contributed by atoms with Gasteiger partial charge in [-0.05, 0) is 106 Å². The molecule has 0 bridgehead atoms. The van der Waals surface area contributed by atoms with Crippen molar-refractivity contribution >= 4 is 17.7 Å². The Balaban J connectivity index is 0.000000186. The van der Waals surface area contributed by atoms with Crippen LogP contribution in [0.1, 0.15) is 80.1 Å². The molecule has 1 aromatic carbocycles. The summed E-state index contributed by atoms with van der Waals surface area (Å²) in [5, 5.41) is 5.67. The third kappa shape index (κ3) is 5.59. The van der Waals surface area contributed by atoms with Crippen molar-refractivity contribution in [2.45, 2.75) is 89.0 Å². The van der Waals surface area contributed by atoms with E-state index < -0.39 is 6.04 Å². The van der Waals surface area contributed by atoms with E-state index >= 15 is 0 Å². The van der Waals surface area contributed by atoms with E-state index in [0.29, 0.717) is 24.6 Å². The Labute approximate surface area is 213 Å². The Hall–Kier alpha value is -2.45. The van der Waals surface area contributed by atoms with Crippen molar-refractivity contribution in [1.29, 1.82) is 0 Å². The first kappa shape index (κ1) is 25.2. The summed E-state index contributed by atoms with van der Waals surface area (Å²) in [6.45, 7) is 2.92. The molecule has 8 heteroatoms. The number of benzene rings is 1. The standard InChI is InChI=1S/C18H20N2O4.C10H19NO/c21-16-8-7-15(17(22)19-16)20-10-11-9-13(5-6-14(11)18(20)23)24-12-3-1-2-4-12;1-12-10-4-2-8(3-5-10)9-6-11-7-9/h5-6,9,12,15H,1-4,7-8,10H2,(H,19,21,22);8-11H,2-7H2,1H3. The fraction of sp³-hybridized carbons (Fsp3) is 0.679. The number of carbonyl (C=O) groups excluding carboxylic acids is 3. The van der Waals surface area contributed by atoms with Crippen molar-refractivity contribution in [3.63, 3.8) is 0 Å². The number of methoxy groups -OCH3 is 1. The molecule has 196 valence electrons. The van der Waals surface area contributed by atoms with Gasteiger partial charge >= 0.3 is 0 Å². The molecule has 8 nitrogen and oxygen atoms in total. The second-order valence-corrected chi connectivity index (χ2v) is 10.9. The third-order valence-corrected chi connectivity index (χ3v) is 8.63. The van der Waals surface area contributed by atoms with Crippen molar-refractivity contribution in [2.75, 3.05) is 20.2 Å². The molecule has 2 saturated carbocycles. The van der Waals surface area contributed by atoms with Gasteiger partial charge in [-0.1, -0.05) is 0 Å². The average molecular weight is 498 g/mol. The number of fused-ring (bicyclic) bond motifs is 1. The zero-order valence-electron chi connectivity index (χ0n) is 21.3. The maximum absolute atomic E-state index is 12.6. The summed E-state index contributed by atoms with van der Waals surface area (Å²) in [5.41, 5.74) is 1.51. The Morgan fingerprint density at radius 2 is 1.64 bits per heavy atom. The number of ether oxygens (including phenoxy) is 2.